The Kier molecular flexibility index (Phi) is 4.14. The lowest BCUT2D eigenvalue weighted by Crippen LogP contribution is -2.15. The molecule has 0 atom stereocenters. The van der Waals surface area contributed by atoms with Crippen molar-refractivity contribution in [3.8, 4) is 12.0 Å². The number of nitrogen functional groups attached to an aromatic ring is 1. The second kappa shape index (κ2) is 5.83. The van der Waals surface area contributed by atoms with Crippen LogP contribution >= 0.6 is 0 Å². The highest BCUT2D eigenvalue weighted by molar-refractivity contribution is 5.33. The van der Waals surface area contributed by atoms with Crippen molar-refractivity contribution < 1.29 is 4.74 Å². The van der Waals surface area contributed by atoms with E-state index in [9.17, 15) is 0 Å². The van der Waals surface area contributed by atoms with E-state index in [1.165, 1.54) is 5.56 Å². The van der Waals surface area contributed by atoms with Crippen LogP contribution in [0.3, 0.4) is 0 Å². The van der Waals surface area contributed by atoms with Gasteiger partial charge in [0.25, 0.3) is 5.95 Å². The molecule has 8 heteroatoms. The minimum Gasteiger partial charge on any atom is -0.464 e. The molecule has 2 aromatic rings. The first-order valence-electron chi connectivity index (χ1n) is 6.51. The van der Waals surface area contributed by atoms with Crippen LogP contribution in [0.2, 0.25) is 0 Å². The maximum Gasteiger partial charge on any atom is 0.323 e. The van der Waals surface area contributed by atoms with Gasteiger partial charge in [-0.2, -0.15) is 20.1 Å². The summed E-state index contributed by atoms with van der Waals surface area (Å²) in [4.78, 5) is 12.5. The lowest BCUT2D eigenvalue weighted by molar-refractivity contribution is 0.311. The standard InChI is InChI=1S/C12H19N7O/c1-5-9-7(3)18-19(8(9)4)11-14-10(17-13)15-12(16-11)20-6-2/h5-6,13H2,1-4H3,(H,14,15,16,17). The molecule has 0 radical (unpaired) electrons. The summed E-state index contributed by atoms with van der Waals surface area (Å²) in [6, 6.07) is 0.219. The molecule has 0 saturated carbocycles. The van der Waals surface area contributed by atoms with Crippen LogP contribution in [0, 0.1) is 13.8 Å². The third kappa shape index (κ3) is 2.55. The largest absolute Gasteiger partial charge is 0.464 e. The second-order valence-electron chi connectivity index (χ2n) is 4.23. The first-order valence-corrected chi connectivity index (χ1v) is 6.51. The van der Waals surface area contributed by atoms with Crippen molar-refractivity contribution in [1.82, 2.24) is 24.7 Å². The molecule has 108 valence electrons. The first-order chi connectivity index (χ1) is 9.60. The minimum absolute atomic E-state index is 0.219. The van der Waals surface area contributed by atoms with Gasteiger partial charge in [0, 0.05) is 5.69 Å². The molecule has 0 aliphatic heterocycles. The number of nitrogens with two attached hydrogens (primary N) is 1. The van der Waals surface area contributed by atoms with Gasteiger partial charge in [0.1, 0.15) is 0 Å². The molecule has 3 N–H and O–H groups in total. The maximum absolute atomic E-state index is 5.37. The van der Waals surface area contributed by atoms with Gasteiger partial charge in [-0.15, -0.1) is 0 Å². The number of hydrazine groups is 1. The second-order valence-corrected chi connectivity index (χ2v) is 4.23. The molecule has 0 aliphatic rings. The fourth-order valence-corrected chi connectivity index (χ4v) is 2.08. The van der Waals surface area contributed by atoms with E-state index in [-0.39, 0.29) is 12.0 Å². The summed E-state index contributed by atoms with van der Waals surface area (Å²) < 4.78 is 6.99. The molecule has 0 amide bonds. The van der Waals surface area contributed by atoms with Crippen LogP contribution in [0.4, 0.5) is 5.95 Å². The Morgan fingerprint density at radius 1 is 1.20 bits per heavy atom. The molecule has 20 heavy (non-hydrogen) atoms. The summed E-state index contributed by atoms with van der Waals surface area (Å²) in [6.07, 6.45) is 0.906. The molecule has 0 aliphatic carbocycles. The smallest absolute Gasteiger partial charge is 0.323 e. The Morgan fingerprint density at radius 3 is 2.50 bits per heavy atom. The topological polar surface area (TPSA) is 104 Å². The van der Waals surface area contributed by atoms with Gasteiger partial charge in [-0.1, -0.05) is 6.92 Å². The van der Waals surface area contributed by atoms with E-state index in [4.69, 9.17) is 10.6 Å². The summed E-state index contributed by atoms with van der Waals surface area (Å²) in [7, 11) is 0. The molecule has 8 nitrogen and oxygen atoms in total. The third-order valence-electron chi connectivity index (χ3n) is 2.99. The van der Waals surface area contributed by atoms with Crippen molar-refractivity contribution in [2.75, 3.05) is 12.0 Å². The van der Waals surface area contributed by atoms with Crippen LogP contribution in [-0.4, -0.2) is 31.3 Å². The van der Waals surface area contributed by atoms with E-state index >= 15 is 0 Å². The Balaban J connectivity index is 2.54. The van der Waals surface area contributed by atoms with Gasteiger partial charge in [-0.25, -0.2) is 10.5 Å². The predicted octanol–water partition coefficient (Wildman–Crippen LogP) is 0.921. The van der Waals surface area contributed by atoms with Crippen LogP contribution in [0.15, 0.2) is 0 Å². The zero-order chi connectivity index (χ0) is 14.7. The number of nitrogens with one attached hydrogen (secondary N) is 1. The number of nitrogens with zero attached hydrogens (tertiary/aromatic N) is 5. The molecule has 2 rings (SSSR count). The van der Waals surface area contributed by atoms with Crippen molar-refractivity contribution in [2.45, 2.75) is 34.1 Å². The summed E-state index contributed by atoms with van der Waals surface area (Å²) in [5.41, 5.74) is 5.56. The zero-order valence-electron chi connectivity index (χ0n) is 12.1. The average Bonchev–Trinajstić information content (AvgIpc) is 2.73. The number of hydrogen-bond donors (Lipinski definition) is 2. The van der Waals surface area contributed by atoms with Gasteiger partial charge in [-0.05, 0) is 32.8 Å². The molecule has 0 fully saturated rings. The van der Waals surface area contributed by atoms with Crippen molar-refractivity contribution in [3.05, 3.63) is 17.0 Å². The first kappa shape index (κ1) is 14.2. The van der Waals surface area contributed by atoms with Crippen LogP contribution in [0.1, 0.15) is 30.8 Å². The Bertz CT molecular complexity index is 608. The molecular formula is C12H19N7O. The van der Waals surface area contributed by atoms with Gasteiger partial charge in [-0.3, -0.25) is 5.43 Å². The molecule has 0 spiro atoms. The highest BCUT2D eigenvalue weighted by Crippen LogP contribution is 2.18. The molecule has 2 aromatic heterocycles. The number of anilines is 1. The lowest BCUT2D eigenvalue weighted by Gasteiger charge is -2.07. The summed E-state index contributed by atoms with van der Waals surface area (Å²) in [5.74, 6) is 6.00. The minimum atomic E-state index is 0.219. The molecular weight excluding hydrogens is 258 g/mol. The number of hydrogen-bond acceptors (Lipinski definition) is 7. The Labute approximate surface area is 117 Å². The fourth-order valence-electron chi connectivity index (χ4n) is 2.08. The van der Waals surface area contributed by atoms with E-state index < -0.39 is 0 Å². The van der Waals surface area contributed by atoms with Crippen molar-refractivity contribution in [1.29, 1.82) is 0 Å². The molecule has 0 saturated heterocycles. The third-order valence-corrected chi connectivity index (χ3v) is 2.99. The fraction of sp³-hybridized carbons (Fsp3) is 0.500. The van der Waals surface area contributed by atoms with Gasteiger partial charge < -0.3 is 4.74 Å². The highest BCUT2D eigenvalue weighted by Gasteiger charge is 2.15. The molecule has 2 heterocycles. The van der Waals surface area contributed by atoms with Gasteiger partial charge in [0.15, 0.2) is 0 Å². The highest BCUT2D eigenvalue weighted by atomic mass is 16.5. The predicted molar refractivity (Wildman–Crippen MR) is 74.8 cm³/mol. The van der Waals surface area contributed by atoms with Crippen molar-refractivity contribution >= 4 is 5.95 Å². The summed E-state index contributed by atoms with van der Waals surface area (Å²) in [5, 5.41) is 4.47. The van der Waals surface area contributed by atoms with E-state index in [1.807, 2.05) is 20.8 Å². The maximum atomic E-state index is 5.37. The van der Waals surface area contributed by atoms with Gasteiger partial charge in [0.05, 0.1) is 12.3 Å². The van der Waals surface area contributed by atoms with Crippen LogP contribution < -0.4 is 16.0 Å². The van der Waals surface area contributed by atoms with Crippen molar-refractivity contribution in [3.63, 3.8) is 0 Å². The van der Waals surface area contributed by atoms with Crippen molar-refractivity contribution in [2.24, 2.45) is 5.84 Å². The number of aryl methyl sites for hydroxylation is 1. The molecule has 0 aromatic carbocycles. The number of rotatable bonds is 5. The summed E-state index contributed by atoms with van der Waals surface area (Å²) in [6.45, 7) is 8.36. The van der Waals surface area contributed by atoms with Crippen LogP contribution in [0.25, 0.3) is 5.95 Å². The average molecular weight is 277 g/mol. The Hall–Kier alpha value is -2.22. The quantitative estimate of drug-likeness (QED) is 0.618. The zero-order valence-corrected chi connectivity index (χ0v) is 12.1. The monoisotopic (exact) mass is 277 g/mol. The van der Waals surface area contributed by atoms with Gasteiger partial charge in [0.2, 0.25) is 5.95 Å². The van der Waals surface area contributed by atoms with Gasteiger partial charge >= 0.3 is 6.01 Å². The summed E-state index contributed by atoms with van der Waals surface area (Å²) >= 11 is 0. The lowest BCUT2D eigenvalue weighted by atomic mass is 10.1. The van der Waals surface area contributed by atoms with E-state index in [1.54, 1.807) is 4.68 Å². The SMILES string of the molecule is CCOc1nc(NN)nc(-n2nc(C)c(CC)c2C)n1. The Morgan fingerprint density at radius 2 is 1.95 bits per heavy atom. The van der Waals surface area contributed by atoms with E-state index in [2.05, 4.69) is 32.4 Å². The van der Waals surface area contributed by atoms with E-state index in [0.29, 0.717) is 12.6 Å². The normalized spacial score (nSPS) is 10.7. The number of ether oxygens (including phenoxy) is 1. The number of aromatic nitrogens is 5. The molecule has 0 bridgehead atoms. The van der Waals surface area contributed by atoms with Crippen LogP contribution in [0.5, 0.6) is 6.01 Å². The van der Waals surface area contributed by atoms with Crippen LogP contribution in [-0.2, 0) is 6.42 Å². The molecule has 0 unspecified atom stereocenters. The van der Waals surface area contributed by atoms with E-state index in [0.717, 1.165) is 17.8 Å².